The van der Waals surface area contributed by atoms with Crippen LogP contribution in [-0.2, 0) is 5.41 Å². The number of ether oxygens (including phenoxy) is 1. The SMILES string of the molecule is COc1ccc(-n2nc(C(C)(C)C)cc2C(C)C)cc1. The predicted molar refractivity (Wildman–Crippen MR) is 82.9 cm³/mol. The Balaban J connectivity index is 2.50. The molecule has 0 aliphatic carbocycles. The van der Waals surface area contributed by atoms with E-state index in [-0.39, 0.29) is 5.41 Å². The van der Waals surface area contributed by atoms with Gasteiger partial charge in [0.2, 0.25) is 0 Å². The summed E-state index contributed by atoms with van der Waals surface area (Å²) in [5, 5.41) is 4.80. The van der Waals surface area contributed by atoms with Gasteiger partial charge in [0.25, 0.3) is 0 Å². The van der Waals surface area contributed by atoms with Crippen LogP contribution >= 0.6 is 0 Å². The number of hydrogen-bond acceptors (Lipinski definition) is 2. The van der Waals surface area contributed by atoms with Crippen molar-refractivity contribution in [1.82, 2.24) is 9.78 Å². The molecule has 0 aliphatic rings. The van der Waals surface area contributed by atoms with Crippen molar-refractivity contribution in [1.29, 1.82) is 0 Å². The van der Waals surface area contributed by atoms with E-state index in [9.17, 15) is 0 Å². The molecule has 108 valence electrons. The van der Waals surface area contributed by atoms with Gasteiger partial charge in [-0.15, -0.1) is 0 Å². The van der Waals surface area contributed by atoms with Gasteiger partial charge in [-0.05, 0) is 36.2 Å². The minimum Gasteiger partial charge on any atom is -0.497 e. The fourth-order valence-corrected chi connectivity index (χ4v) is 2.10. The summed E-state index contributed by atoms with van der Waals surface area (Å²) in [6.45, 7) is 11.0. The van der Waals surface area contributed by atoms with Crippen LogP contribution in [0.2, 0.25) is 0 Å². The Kier molecular flexibility index (Phi) is 3.89. The fourth-order valence-electron chi connectivity index (χ4n) is 2.10. The lowest BCUT2D eigenvalue weighted by Gasteiger charge is -2.14. The molecule has 1 aromatic heterocycles. The maximum absolute atomic E-state index is 5.21. The zero-order valence-corrected chi connectivity index (χ0v) is 13.3. The van der Waals surface area contributed by atoms with Crippen LogP contribution in [0.25, 0.3) is 5.69 Å². The number of nitrogens with zero attached hydrogens (tertiary/aromatic N) is 2. The Morgan fingerprint density at radius 1 is 1.10 bits per heavy atom. The average Bonchev–Trinajstić information content (AvgIpc) is 2.84. The second-order valence-corrected chi connectivity index (χ2v) is 6.47. The van der Waals surface area contributed by atoms with Crippen LogP contribution < -0.4 is 4.74 Å². The molecule has 0 aliphatic heterocycles. The van der Waals surface area contributed by atoms with E-state index in [1.807, 2.05) is 28.9 Å². The average molecular weight is 272 g/mol. The maximum atomic E-state index is 5.21. The minimum absolute atomic E-state index is 0.0569. The summed E-state index contributed by atoms with van der Waals surface area (Å²) in [6, 6.07) is 10.2. The molecule has 0 spiro atoms. The topological polar surface area (TPSA) is 27.1 Å². The van der Waals surface area contributed by atoms with Gasteiger partial charge in [0.05, 0.1) is 18.5 Å². The van der Waals surface area contributed by atoms with Gasteiger partial charge >= 0.3 is 0 Å². The van der Waals surface area contributed by atoms with Crippen LogP contribution in [0.1, 0.15) is 51.9 Å². The van der Waals surface area contributed by atoms with Crippen molar-refractivity contribution in [2.24, 2.45) is 0 Å². The summed E-state index contributed by atoms with van der Waals surface area (Å²) in [5.74, 6) is 1.30. The molecule has 20 heavy (non-hydrogen) atoms. The molecule has 0 fully saturated rings. The molecule has 0 saturated carbocycles. The third kappa shape index (κ3) is 2.87. The van der Waals surface area contributed by atoms with Crippen molar-refractivity contribution in [3.63, 3.8) is 0 Å². The minimum atomic E-state index is 0.0569. The summed E-state index contributed by atoms with van der Waals surface area (Å²) in [6.07, 6.45) is 0. The van der Waals surface area contributed by atoms with E-state index in [1.165, 1.54) is 5.69 Å². The van der Waals surface area contributed by atoms with Crippen molar-refractivity contribution in [3.05, 3.63) is 41.7 Å². The zero-order valence-electron chi connectivity index (χ0n) is 13.3. The number of benzene rings is 1. The van der Waals surface area contributed by atoms with Crippen molar-refractivity contribution >= 4 is 0 Å². The van der Waals surface area contributed by atoms with Crippen LogP contribution in [0, 0.1) is 0 Å². The highest BCUT2D eigenvalue weighted by atomic mass is 16.5. The number of hydrogen-bond donors (Lipinski definition) is 0. The lowest BCUT2D eigenvalue weighted by atomic mass is 9.91. The Morgan fingerprint density at radius 3 is 2.15 bits per heavy atom. The van der Waals surface area contributed by atoms with E-state index < -0.39 is 0 Å². The predicted octanol–water partition coefficient (Wildman–Crippen LogP) is 4.30. The van der Waals surface area contributed by atoms with Crippen LogP contribution in [0.4, 0.5) is 0 Å². The van der Waals surface area contributed by atoms with Gasteiger partial charge in [-0.1, -0.05) is 34.6 Å². The van der Waals surface area contributed by atoms with Crippen molar-refractivity contribution in [2.75, 3.05) is 7.11 Å². The highest BCUT2D eigenvalue weighted by Crippen LogP contribution is 2.27. The Labute approximate surface area is 121 Å². The summed E-state index contributed by atoms with van der Waals surface area (Å²) in [7, 11) is 1.68. The molecule has 0 amide bonds. The van der Waals surface area contributed by atoms with Crippen LogP contribution in [0.3, 0.4) is 0 Å². The summed E-state index contributed by atoms with van der Waals surface area (Å²) >= 11 is 0. The van der Waals surface area contributed by atoms with E-state index in [2.05, 4.69) is 40.7 Å². The third-order valence-corrected chi connectivity index (χ3v) is 3.41. The third-order valence-electron chi connectivity index (χ3n) is 3.41. The molecular formula is C17H24N2O. The van der Waals surface area contributed by atoms with Gasteiger partial charge < -0.3 is 4.74 Å². The van der Waals surface area contributed by atoms with Gasteiger partial charge in [0.1, 0.15) is 5.75 Å². The summed E-state index contributed by atoms with van der Waals surface area (Å²) in [4.78, 5) is 0. The molecule has 2 aromatic rings. The number of aromatic nitrogens is 2. The van der Waals surface area contributed by atoms with Gasteiger partial charge in [-0.3, -0.25) is 0 Å². The van der Waals surface area contributed by atoms with Gasteiger partial charge in [-0.2, -0.15) is 5.10 Å². The van der Waals surface area contributed by atoms with Crippen molar-refractivity contribution in [3.8, 4) is 11.4 Å². The molecule has 0 N–H and O–H groups in total. The first-order valence-electron chi connectivity index (χ1n) is 7.08. The van der Waals surface area contributed by atoms with E-state index in [0.717, 1.165) is 17.1 Å². The van der Waals surface area contributed by atoms with Crippen LogP contribution in [0.5, 0.6) is 5.75 Å². The molecule has 0 radical (unpaired) electrons. The van der Waals surface area contributed by atoms with Crippen LogP contribution in [0.15, 0.2) is 30.3 Å². The van der Waals surface area contributed by atoms with E-state index in [0.29, 0.717) is 5.92 Å². The molecule has 0 saturated heterocycles. The van der Waals surface area contributed by atoms with E-state index in [4.69, 9.17) is 9.84 Å². The quantitative estimate of drug-likeness (QED) is 0.833. The van der Waals surface area contributed by atoms with Gasteiger partial charge in [0, 0.05) is 11.1 Å². The normalized spacial score (nSPS) is 11.9. The highest BCUT2D eigenvalue weighted by Gasteiger charge is 2.21. The van der Waals surface area contributed by atoms with Gasteiger partial charge in [-0.25, -0.2) is 4.68 Å². The van der Waals surface area contributed by atoms with Crippen molar-refractivity contribution in [2.45, 2.75) is 46.0 Å². The molecule has 1 heterocycles. The summed E-state index contributed by atoms with van der Waals surface area (Å²) in [5.41, 5.74) is 3.49. The lowest BCUT2D eigenvalue weighted by Crippen LogP contribution is -2.12. The van der Waals surface area contributed by atoms with Crippen molar-refractivity contribution < 1.29 is 4.74 Å². The first-order chi connectivity index (χ1) is 9.32. The smallest absolute Gasteiger partial charge is 0.119 e. The lowest BCUT2D eigenvalue weighted by molar-refractivity contribution is 0.414. The first kappa shape index (κ1) is 14.6. The fraction of sp³-hybridized carbons (Fsp3) is 0.471. The zero-order chi connectivity index (χ0) is 14.9. The molecule has 0 atom stereocenters. The molecule has 2 rings (SSSR count). The van der Waals surface area contributed by atoms with Crippen LogP contribution in [-0.4, -0.2) is 16.9 Å². The molecule has 3 heteroatoms. The Hall–Kier alpha value is -1.77. The summed E-state index contributed by atoms with van der Waals surface area (Å²) < 4.78 is 7.26. The molecular weight excluding hydrogens is 248 g/mol. The maximum Gasteiger partial charge on any atom is 0.119 e. The van der Waals surface area contributed by atoms with Gasteiger partial charge in [0.15, 0.2) is 0 Å². The van der Waals surface area contributed by atoms with E-state index in [1.54, 1.807) is 7.11 Å². The monoisotopic (exact) mass is 272 g/mol. The number of methoxy groups -OCH3 is 1. The van der Waals surface area contributed by atoms with E-state index >= 15 is 0 Å². The first-order valence-corrected chi connectivity index (χ1v) is 7.08. The largest absolute Gasteiger partial charge is 0.497 e. The molecule has 1 aromatic carbocycles. The number of rotatable bonds is 3. The highest BCUT2D eigenvalue weighted by molar-refractivity contribution is 5.39. The molecule has 0 bridgehead atoms. The Morgan fingerprint density at radius 2 is 1.70 bits per heavy atom. The second kappa shape index (κ2) is 5.31. The molecule has 3 nitrogen and oxygen atoms in total. The Bertz CT molecular complexity index is 574. The molecule has 0 unspecified atom stereocenters. The standard InChI is InChI=1S/C17H24N2O/c1-12(2)15-11-16(17(3,4)5)18-19(15)13-7-9-14(20-6)10-8-13/h7-12H,1-6H3. The second-order valence-electron chi connectivity index (χ2n) is 6.47.